The quantitative estimate of drug-likeness (QED) is 0.812. The molecule has 0 fully saturated rings. The van der Waals surface area contributed by atoms with Crippen molar-refractivity contribution in [1.82, 2.24) is 4.90 Å². The van der Waals surface area contributed by atoms with Gasteiger partial charge < -0.3 is 10.6 Å². The lowest BCUT2D eigenvalue weighted by molar-refractivity contribution is 0.171. The van der Waals surface area contributed by atoms with E-state index in [1.165, 1.54) is 12.0 Å². The monoisotopic (exact) mass is 262 g/mol. The molecule has 1 aromatic rings. The summed E-state index contributed by atoms with van der Waals surface area (Å²) in [4.78, 5) is 2.41. The Balaban J connectivity index is 2.59. The van der Waals surface area contributed by atoms with Crippen molar-refractivity contribution in [3.8, 4) is 0 Å². The molecule has 0 amide bonds. The van der Waals surface area contributed by atoms with Gasteiger partial charge in [0.15, 0.2) is 0 Å². The van der Waals surface area contributed by atoms with Gasteiger partial charge >= 0.3 is 0 Å². The largest absolute Gasteiger partial charge is 0.323 e. The molecule has 0 aliphatic heterocycles. The fourth-order valence-corrected chi connectivity index (χ4v) is 2.46. The molecule has 108 valence electrons. The smallest absolute Gasteiger partial charge is 0.0359 e. The summed E-state index contributed by atoms with van der Waals surface area (Å²) in [5, 5.41) is 0. The summed E-state index contributed by atoms with van der Waals surface area (Å²) in [7, 11) is 2.20. The highest BCUT2D eigenvalue weighted by Crippen LogP contribution is 2.31. The van der Waals surface area contributed by atoms with Crippen LogP contribution in [0.2, 0.25) is 0 Å². The fourth-order valence-electron chi connectivity index (χ4n) is 2.46. The minimum absolute atomic E-state index is 0.0765. The zero-order chi connectivity index (χ0) is 14.5. The van der Waals surface area contributed by atoms with Crippen LogP contribution in [0, 0.1) is 11.3 Å². The number of benzene rings is 1. The Morgan fingerprint density at radius 2 is 1.74 bits per heavy atom. The molecular formula is C17H30N2. The third-order valence-corrected chi connectivity index (χ3v) is 3.77. The first-order valence-electron chi connectivity index (χ1n) is 7.32. The van der Waals surface area contributed by atoms with E-state index in [0.717, 1.165) is 19.0 Å². The third kappa shape index (κ3) is 5.33. The van der Waals surface area contributed by atoms with Gasteiger partial charge in [-0.1, -0.05) is 58.0 Å². The molecule has 0 aromatic heterocycles. The van der Waals surface area contributed by atoms with Gasteiger partial charge in [-0.15, -0.1) is 0 Å². The molecule has 19 heavy (non-hydrogen) atoms. The van der Waals surface area contributed by atoms with Crippen molar-refractivity contribution >= 4 is 0 Å². The molecule has 0 spiro atoms. The van der Waals surface area contributed by atoms with Crippen molar-refractivity contribution in [2.45, 2.75) is 40.2 Å². The van der Waals surface area contributed by atoms with Gasteiger partial charge in [0.25, 0.3) is 0 Å². The van der Waals surface area contributed by atoms with Gasteiger partial charge in [0.1, 0.15) is 0 Å². The van der Waals surface area contributed by atoms with Crippen molar-refractivity contribution in [1.29, 1.82) is 0 Å². The van der Waals surface area contributed by atoms with Gasteiger partial charge in [0, 0.05) is 12.6 Å². The van der Waals surface area contributed by atoms with Gasteiger partial charge in [-0.25, -0.2) is 0 Å². The summed E-state index contributed by atoms with van der Waals surface area (Å²) < 4.78 is 0. The summed E-state index contributed by atoms with van der Waals surface area (Å²) in [6, 6.07) is 10.5. The van der Waals surface area contributed by atoms with Crippen LogP contribution < -0.4 is 5.73 Å². The van der Waals surface area contributed by atoms with Gasteiger partial charge in [0.2, 0.25) is 0 Å². The zero-order valence-electron chi connectivity index (χ0n) is 13.2. The first-order chi connectivity index (χ1) is 8.83. The van der Waals surface area contributed by atoms with E-state index < -0.39 is 0 Å². The van der Waals surface area contributed by atoms with Crippen LogP contribution in [0.3, 0.4) is 0 Å². The predicted molar refractivity (Wildman–Crippen MR) is 84.1 cm³/mol. The van der Waals surface area contributed by atoms with E-state index in [4.69, 9.17) is 5.73 Å². The molecule has 0 heterocycles. The minimum Gasteiger partial charge on any atom is -0.323 e. The molecule has 0 saturated heterocycles. The molecule has 2 heteroatoms. The van der Waals surface area contributed by atoms with Crippen LogP contribution in [0.1, 0.15) is 45.7 Å². The SMILES string of the molecule is CC(C)CCN(C)CC(C)(C)C(N)c1ccccc1. The first-order valence-corrected chi connectivity index (χ1v) is 7.32. The molecular weight excluding hydrogens is 232 g/mol. The van der Waals surface area contributed by atoms with Crippen LogP contribution in [0.15, 0.2) is 30.3 Å². The molecule has 2 nitrogen and oxygen atoms in total. The van der Waals surface area contributed by atoms with E-state index in [1.807, 2.05) is 6.07 Å². The maximum absolute atomic E-state index is 6.45. The maximum Gasteiger partial charge on any atom is 0.0359 e. The highest BCUT2D eigenvalue weighted by Gasteiger charge is 2.28. The summed E-state index contributed by atoms with van der Waals surface area (Å²) in [5.41, 5.74) is 7.75. The summed E-state index contributed by atoms with van der Waals surface area (Å²) in [5.74, 6) is 0.758. The molecule has 1 rings (SSSR count). The van der Waals surface area contributed by atoms with E-state index in [9.17, 15) is 0 Å². The minimum atomic E-state index is 0.0765. The Labute approximate surface area is 119 Å². The average molecular weight is 262 g/mol. The predicted octanol–water partition coefficient (Wildman–Crippen LogP) is 3.69. The molecule has 0 aliphatic carbocycles. The second kappa shape index (κ2) is 7.06. The van der Waals surface area contributed by atoms with Crippen molar-refractivity contribution in [2.75, 3.05) is 20.1 Å². The topological polar surface area (TPSA) is 29.3 Å². The van der Waals surface area contributed by atoms with E-state index >= 15 is 0 Å². The van der Waals surface area contributed by atoms with Gasteiger partial charge in [-0.2, -0.15) is 0 Å². The van der Waals surface area contributed by atoms with E-state index in [0.29, 0.717) is 0 Å². The standard InChI is InChI=1S/C17H30N2/c1-14(2)11-12-19(5)13-17(3,4)16(18)15-9-7-6-8-10-15/h6-10,14,16H,11-13,18H2,1-5H3. The first kappa shape index (κ1) is 16.2. The number of hydrogen-bond acceptors (Lipinski definition) is 2. The number of nitrogens with two attached hydrogens (primary N) is 1. The number of nitrogens with zero attached hydrogens (tertiary/aromatic N) is 1. The van der Waals surface area contributed by atoms with Crippen LogP contribution in [0.4, 0.5) is 0 Å². The van der Waals surface area contributed by atoms with E-state index in [2.05, 4.69) is 63.9 Å². The Morgan fingerprint density at radius 3 is 2.26 bits per heavy atom. The molecule has 1 aromatic carbocycles. The highest BCUT2D eigenvalue weighted by molar-refractivity contribution is 5.20. The Hall–Kier alpha value is -0.860. The molecule has 1 atom stereocenters. The van der Waals surface area contributed by atoms with Gasteiger partial charge in [0.05, 0.1) is 0 Å². The molecule has 0 aliphatic rings. The van der Waals surface area contributed by atoms with Crippen LogP contribution in [0.5, 0.6) is 0 Å². The lowest BCUT2D eigenvalue weighted by Crippen LogP contribution is -2.39. The van der Waals surface area contributed by atoms with Crippen molar-refractivity contribution in [2.24, 2.45) is 17.1 Å². The van der Waals surface area contributed by atoms with Gasteiger partial charge in [-0.3, -0.25) is 0 Å². The molecule has 0 bridgehead atoms. The zero-order valence-corrected chi connectivity index (χ0v) is 13.2. The Morgan fingerprint density at radius 1 is 1.16 bits per heavy atom. The lowest BCUT2D eigenvalue weighted by Gasteiger charge is -2.36. The molecule has 0 saturated carbocycles. The van der Waals surface area contributed by atoms with Crippen molar-refractivity contribution in [3.05, 3.63) is 35.9 Å². The lowest BCUT2D eigenvalue weighted by atomic mass is 9.80. The average Bonchev–Trinajstić information content (AvgIpc) is 2.36. The second-order valence-electron chi connectivity index (χ2n) is 6.80. The van der Waals surface area contributed by atoms with E-state index in [1.54, 1.807) is 0 Å². The molecule has 2 N–H and O–H groups in total. The third-order valence-electron chi connectivity index (χ3n) is 3.77. The summed E-state index contributed by atoms with van der Waals surface area (Å²) in [6.07, 6.45) is 1.24. The van der Waals surface area contributed by atoms with E-state index in [-0.39, 0.29) is 11.5 Å². The Kier molecular flexibility index (Phi) is 6.02. The van der Waals surface area contributed by atoms with Crippen LogP contribution in [0.25, 0.3) is 0 Å². The summed E-state index contributed by atoms with van der Waals surface area (Å²) >= 11 is 0. The van der Waals surface area contributed by atoms with Crippen molar-refractivity contribution < 1.29 is 0 Å². The van der Waals surface area contributed by atoms with Gasteiger partial charge in [-0.05, 0) is 36.9 Å². The number of rotatable bonds is 7. The fraction of sp³-hybridized carbons (Fsp3) is 0.647. The van der Waals surface area contributed by atoms with Crippen LogP contribution in [-0.4, -0.2) is 25.0 Å². The van der Waals surface area contributed by atoms with Crippen LogP contribution >= 0.6 is 0 Å². The maximum atomic E-state index is 6.45. The number of hydrogen-bond donors (Lipinski definition) is 1. The molecule has 0 radical (unpaired) electrons. The molecule has 1 unspecified atom stereocenters. The summed E-state index contributed by atoms with van der Waals surface area (Å²) in [6.45, 7) is 11.2. The highest BCUT2D eigenvalue weighted by atomic mass is 15.1. The van der Waals surface area contributed by atoms with Crippen LogP contribution in [-0.2, 0) is 0 Å². The van der Waals surface area contributed by atoms with Crippen molar-refractivity contribution in [3.63, 3.8) is 0 Å². The normalized spacial score (nSPS) is 14.1. The Bertz CT molecular complexity index is 357. The second-order valence-corrected chi connectivity index (χ2v) is 6.80.